The minimum absolute atomic E-state index is 0.0541. The van der Waals surface area contributed by atoms with Crippen LogP contribution in [0.1, 0.15) is 40.7 Å². The highest BCUT2D eigenvalue weighted by atomic mass is 32.2. The molecule has 166 valence electrons. The highest BCUT2D eigenvalue weighted by Gasteiger charge is 2.25. The Morgan fingerprint density at radius 1 is 0.968 bits per heavy atom. The van der Waals surface area contributed by atoms with Gasteiger partial charge in [0.1, 0.15) is 0 Å². The maximum atomic E-state index is 12.8. The molecule has 0 spiro atoms. The summed E-state index contributed by atoms with van der Waals surface area (Å²) in [4.78, 5) is 12.5. The molecule has 0 saturated carbocycles. The highest BCUT2D eigenvalue weighted by molar-refractivity contribution is 7.88. The number of morpholine rings is 1. The van der Waals surface area contributed by atoms with Gasteiger partial charge in [0.15, 0.2) is 0 Å². The van der Waals surface area contributed by atoms with Gasteiger partial charge in [0.05, 0.1) is 25.4 Å². The van der Waals surface area contributed by atoms with E-state index < -0.39 is 10.0 Å². The maximum Gasteiger partial charge on any atom is 0.224 e. The summed E-state index contributed by atoms with van der Waals surface area (Å²) in [6, 6.07) is 13.8. The number of fused-ring (bicyclic) bond motifs is 1. The van der Waals surface area contributed by atoms with E-state index in [1.165, 1.54) is 28.3 Å². The standard InChI is InChI=1S/C24H30N2O4S/c27-24(16-19-9-10-20-5-1-2-6-21(20)15-19)25-17-22-7-3-4-8-23(22)18-31(28,29)26-11-13-30-14-12-26/h3-4,7-10,15H,1-2,5-6,11-14,16-18H2,(H,25,27). The van der Waals surface area contributed by atoms with Gasteiger partial charge in [-0.15, -0.1) is 0 Å². The van der Waals surface area contributed by atoms with Crippen molar-refractivity contribution in [2.24, 2.45) is 0 Å². The number of nitrogens with zero attached hydrogens (tertiary/aromatic N) is 1. The molecule has 7 heteroatoms. The zero-order chi connectivity index (χ0) is 21.7. The average molecular weight is 443 g/mol. The molecule has 6 nitrogen and oxygen atoms in total. The zero-order valence-corrected chi connectivity index (χ0v) is 18.6. The molecule has 1 aliphatic carbocycles. The van der Waals surface area contributed by atoms with Gasteiger partial charge in [-0.3, -0.25) is 4.79 Å². The second-order valence-corrected chi connectivity index (χ2v) is 10.3. The summed E-state index contributed by atoms with van der Waals surface area (Å²) in [6.45, 7) is 1.96. The number of carbonyl (C=O) groups excluding carboxylic acids is 1. The summed E-state index contributed by atoms with van der Waals surface area (Å²) in [6.07, 6.45) is 5.02. The van der Waals surface area contributed by atoms with Gasteiger partial charge in [-0.05, 0) is 53.5 Å². The van der Waals surface area contributed by atoms with Gasteiger partial charge in [0.25, 0.3) is 0 Å². The fourth-order valence-corrected chi connectivity index (χ4v) is 5.88. The Bertz CT molecular complexity index is 1030. The van der Waals surface area contributed by atoms with Crippen molar-refractivity contribution in [3.8, 4) is 0 Å². The van der Waals surface area contributed by atoms with E-state index in [1.807, 2.05) is 30.3 Å². The van der Waals surface area contributed by atoms with Crippen LogP contribution in [0.5, 0.6) is 0 Å². The second kappa shape index (κ2) is 9.94. The van der Waals surface area contributed by atoms with E-state index in [-0.39, 0.29) is 11.7 Å². The SMILES string of the molecule is O=C(Cc1ccc2c(c1)CCCC2)NCc1ccccc1CS(=O)(=O)N1CCOCC1. The summed E-state index contributed by atoms with van der Waals surface area (Å²) < 4.78 is 32.3. The van der Waals surface area contributed by atoms with Crippen LogP contribution in [0.4, 0.5) is 0 Å². The van der Waals surface area contributed by atoms with Gasteiger partial charge in [-0.25, -0.2) is 8.42 Å². The molecule has 0 unspecified atom stereocenters. The third-order valence-electron chi connectivity index (χ3n) is 6.07. The van der Waals surface area contributed by atoms with Crippen LogP contribution in [0.15, 0.2) is 42.5 Å². The van der Waals surface area contributed by atoms with Crippen LogP contribution in [0.2, 0.25) is 0 Å². The van der Waals surface area contributed by atoms with Gasteiger partial charge >= 0.3 is 0 Å². The molecular formula is C24H30N2O4S. The van der Waals surface area contributed by atoms with Gasteiger partial charge in [-0.2, -0.15) is 4.31 Å². The highest BCUT2D eigenvalue weighted by Crippen LogP contribution is 2.22. The van der Waals surface area contributed by atoms with Crippen LogP contribution in [-0.4, -0.2) is 44.9 Å². The number of sulfonamides is 1. The van der Waals surface area contributed by atoms with Crippen LogP contribution in [-0.2, 0) is 51.1 Å². The second-order valence-electron chi connectivity index (χ2n) is 8.30. The molecule has 2 aromatic rings. The van der Waals surface area contributed by atoms with Crippen molar-refractivity contribution in [2.45, 2.75) is 44.4 Å². The number of carbonyl (C=O) groups is 1. The number of hydrogen-bond acceptors (Lipinski definition) is 4. The molecule has 4 rings (SSSR count). The molecular weight excluding hydrogens is 412 g/mol. The largest absolute Gasteiger partial charge is 0.379 e. The number of aryl methyl sites for hydroxylation is 2. The first-order valence-corrected chi connectivity index (χ1v) is 12.6. The lowest BCUT2D eigenvalue weighted by atomic mass is 9.90. The van der Waals surface area contributed by atoms with E-state index in [9.17, 15) is 13.2 Å². The lowest BCUT2D eigenvalue weighted by Gasteiger charge is -2.26. The van der Waals surface area contributed by atoms with Crippen LogP contribution in [0.3, 0.4) is 0 Å². The molecule has 1 amide bonds. The van der Waals surface area contributed by atoms with E-state index in [2.05, 4.69) is 17.4 Å². The van der Waals surface area contributed by atoms with Crippen LogP contribution >= 0.6 is 0 Å². The molecule has 1 fully saturated rings. The third-order valence-corrected chi connectivity index (χ3v) is 7.90. The lowest BCUT2D eigenvalue weighted by molar-refractivity contribution is -0.120. The Kier molecular flexibility index (Phi) is 7.05. The monoisotopic (exact) mass is 442 g/mol. The van der Waals surface area contributed by atoms with Crippen LogP contribution in [0.25, 0.3) is 0 Å². The number of nitrogens with one attached hydrogen (secondary N) is 1. The van der Waals surface area contributed by atoms with E-state index in [0.29, 0.717) is 39.3 Å². The Morgan fingerprint density at radius 3 is 2.45 bits per heavy atom. The minimum atomic E-state index is -3.41. The summed E-state index contributed by atoms with van der Waals surface area (Å²) >= 11 is 0. The van der Waals surface area contributed by atoms with E-state index >= 15 is 0 Å². The number of benzene rings is 2. The van der Waals surface area contributed by atoms with Gasteiger partial charge < -0.3 is 10.1 Å². The van der Waals surface area contributed by atoms with Crippen molar-refractivity contribution in [1.82, 2.24) is 9.62 Å². The third kappa shape index (κ3) is 5.73. The molecule has 31 heavy (non-hydrogen) atoms. The lowest BCUT2D eigenvalue weighted by Crippen LogP contribution is -2.41. The van der Waals surface area contributed by atoms with Crippen molar-refractivity contribution in [1.29, 1.82) is 0 Å². The summed E-state index contributed by atoms with van der Waals surface area (Å²) in [5.41, 5.74) is 5.36. The Hall–Kier alpha value is -2.22. The number of ether oxygens (including phenoxy) is 1. The zero-order valence-electron chi connectivity index (χ0n) is 17.8. The molecule has 1 heterocycles. The fraction of sp³-hybridized carbons (Fsp3) is 0.458. The summed E-state index contributed by atoms with van der Waals surface area (Å²) in [5.74, 6) is -0.120. The van der Waals surface area contributed by atoms with E-state index in [4.69, 9.17) is 4.74 Å². The van der Waals surface area contributed by atoms with Crippen LogP contribution in [0, 0.1) is 0 Å². The predicted molar refractivity (Wildman–Crippen MR) is 120 cm³/mol. The fourth-order valence-electron chi connectivity index (χ4n) is 4.32. The van der Waals surface area contributed by atoms with Crippen molar-refractivity contribution in [3.05, 3.63) is 70.3 Å². The molecule has 0 atom stereocenters. The topological polar surface area (TPSA) is 75.7 Å². The first-order valence-electron chi connectivity index (χ1n) is 11.0. The summed E-state index contributed by atoms with van der Waals surface area (Å²) in [7, 11) is -3.41. The van der Waals surface area contributed by atoms with E-state index in [1.54, 1.807) is 0 Å². The molecule has 1 N–H and O–H groups in total. The maximum absolute atomic E-state index is 12.8. The smallest absolute Gasteiger partial charge is 0.224 e. The molecule has 0 bridgehead atoms. The van der Waals surface area contributed by atoms with Crippen molar-refractivity contribution < 1.29 is 17.9 Å². The molecule has 1 saturated heterocycles. The Labute approximate surface area is 184 Å². The Balaban J connectivity index is 1.37. The number of amides is 1. The van der Waals surface area contributed by atoms with Crippen molar-refractivity contribution in [3.63, 3.8) is 0 Å². The van der Waals surface area contributed by atoms with Crippen molar-refractivity contribution in [2.75, 3.05) is 26.3 Å². The molecule has 0 radical (unpaired) electrons. The van der Waals surface area contributed by atoms with E-state index in [0.717, 1.165) is 29.5 Å². The average Bonchev–Trinajstić information content (AvgIpc) is 2.79. The molecule has 1 aliphatic heterocycles. The molecule has 0 aromatic heterocycles. The minimum Gasteiger partial charge on any atom is -0.379 e. The van der Waals surface area contributed by atoms with Gasteiger partial charge in [-0.1, -0.05) is 42.5 Å². The molecule has 2 aliphatic rings. The number of rotatable bonds is 7. The first kappa shape index (κ1) is 22.0. The molecule has 2 aromatic carbocycles. The Morgan fingerprint density at radius 2 is 1.68 bits per heavy atom. The van der Waals surface area contributed by atoms with Gasteiger partial charge in [0, 0.05) is 19.6 Å². The quantitative estimate of drug-likeness (QED) is 0.715. The van der Waals surface area contributed by atoms with Crippen LogP contribution < -0.4 is 5.32 Å². The summed E-state index contributed by atoms with van der Waals surface area (Å²) in [5, 5.41) is 2.97. The van der Waals surface area contributed by atoms with Gasteiger partial charge in [0.2, 0.25) is 15.9 Å². The first-order chi connectivity index (χ1) is 15.0. The number of hydrogen-bond donors (Lipinski definition) is 1. The predicted octanol–water partition coefficient (Wildman–Crippen LogP) is 2.59. The normalized spacial score (nSPS) is 17.2. The van der Waals surface area contributed by atoms with Crippen molar-refractivity contribution >= 4 is 15.9 Å².